The number of furan rings is 1. The Morgan fingerprint density at radius 3 is 1.86 bits per heavy atom. The molecule has 3 aliphatic carbocycles. The highest BCUT2D eigenvalue weighted by atomic mass is 16.3. The second-order valence-corrected chi connectivity index (χ2v) is 17.6. The van der Waals surface area contributed by atoms with Crippen LogP contribution in [0.1, 0.15) is 56.9 Å². The largest absolute Gasteiger partial charge is 0.455 e. The van der Waals surface area contributed by atoms with Gasteiger partial charge in [-0.05, 0) is 98.0 Å². The average Bonchev–Trinajstić information content (AvgIpc) is 3.80. The lowest BCUT2D eigenvalue weighted by molar-refractivity contribution is 0.322. The summed E-state index contributed by atoms with van der Waals surface area (Å²) in [7, 11) is 0. The number of para-hydroxylation sites is 2. The lowest BCUT2D eigenvalue weighted by Gasteiger charge is -2.39. The van der Waals surface area contributed by atoms with Gasteiger partial charge >= 0.3 is 0 Å². The van der Waals surface area contributed by atoms with Crippen molar-refractivity contribution in [3.63, 3.8) is 0 Å². The summed E-state index contributed by atoms with van der Waals surface area (Å²) >= 11 is 0. The molecule has 2 heteroatoms. The van der Waals surface area contributed by atoms with Crippen molar-refractivity contribution in [2.45, 2.75) is 50.9 Å². The van der Waals surface area contributed by atoms with Gasteiger partial charge < -0.3 is 9.32 Å². The lowest BCUT2D eigenvalue weighted by atomic mass is 9.66. The van der Waals surface area contributed by atoms with Crippen molar-refractivity contribution in [3.05, 3.63) is 204 Å². The van der Waals surface area contributed by atoms with Crippen molar-refractivity contribution in [2.24, 2.45) is 5.92 Å². The first-order valence-electron chi connectivity index (χ1n) is 20.3. The van der Waals surface area contributed by atoms with Crippen molar-refractivity contribution in [2.75, 3.05) is 4.90 Å². The van der Waals surface area contributed by atoms with Crippen LogP contribution in [0.25, 0.3) is 55.3 Å². The molecule has 2 nitrogen and oxygen atoms in total. The number of allylic oxidation sites excluding steroid dienone is 3. The van der Waals surface area contributed by atoms with Crippen LogP contribution in [0, 0.1) is 5.92 Å². The minimum Gasteiger partial charge on any atom is -0.455 e. The zero-order chi connectivity index (χ0) is 38.7. The first kappa shape index (κ1) is 33.9. The molecule has 0 amide bonds. The van der Waals surface area contributed by atoms with E-state index in [0.29, 0.717) is 5.92 Å². The topological polar surface area (TPSA) is 16.4 Å². The number of hydrogen-bond donors (Lipinski definition) is 0. The van der Waals surface area contributed by atoms with Crippen LogP contribution >= 0.6 is 0 Å². The molecule has 0 radical (unpaired) electrons. The molecule has 11 rings (SSSR count). The van der Waals surface area contributed by atoms with Crippen molar-refractivity contribution in [1.29, 1.82) is 0 Å². The van der Waals surface area contributed by atoms with Gasteiger partial charge in [0.25, 0.3) is 0 Å². The van der Waals surface area contributed by atoms with Crippen LogP contribution < -0.4 is 4.90 Å². The first-order valence-corrected chi connectivity index (χ1v) is 20.3. The number of rotatable bonds is 5. The molecule has 0 bridgehead atoms. The van der Waals surface area contributed by atoms with Gasteiger partial charge in [-0.15, -0.1) is 0 Å². The molecule has 0 saturated carbocycles. The number of fused-ring (bicyclic) bond motifs is 9. The third-order valence-electron chi connectivity index (χ3n) is 13.7. The van der Waals surface area contributed by atoms with Crippen molar-refractivity contribution < 1.29 is 4.42 Å². The molecular weight excluding hydrogens is 691 g/mol. The minimum absolute atomic E-state index is 0.0208. The van der Waals surface area contributed by atoms with Crippen LogP contribution in [0.2, 0.25) is 0 Å². The van der Waals surface area contributed by atoms with Crippen LogP contribution in [-0.2, 0) is 16.2 Å². The number of benzene rings is 7. The molecule has 2 unspecified atom stereocenters. The molecule has 0 fully saturated rings. The predicted octanol–water partition coefficient (Wildman–Crippen LogP) is 14.7. The molecular formula is C55H45NO. The first-order chi connectivity index (χ1) is 27.6. The maximum atomic E-state index is 6.45. The van der Waals surface area contributed by atoms with E-state index in [-0.39, 0.29) is 16.2 Å². The highest BCUT2D eigenvalue weighted by Gasteiger charge is 2.52. The fraction of sp³-hybridized carbons (Fsp3) is 0.164. The summed E-state index contributed by atoms with van der Waals surface area (Å²) in [5, 5.41) is 2.29. The van der Waals surface area contributed by atoms with E-state index < -0.39 is 0 Å². The highest BCUT2D eigenvalue weighted by molar-refractivity contribution is 6.09. The predicted molar refractivity (Wildman–Crippen MR) is 238 cm³/mol. The van der Waals surface area contributed by atoms with Crippen LogP contribution in [0.15, 0.2) is 186 Å². The Hall–Kier alpha value is -6.38. The normalized spacial score (nSPS) is 19.5. The third kappa shape index (κ3) is 4.89. The molecule has 0 aliphatic heterocycles. The Labute approximate surface area is 335 Å². The van der Waals surface area contributed by atoms with E-state index in [0.717, 1.165) is 44.4 Å². The van der Waals surface area contributed by atoms with E-state index in [4.69, 9.17) is 4.42 Å². The maximum Gasteiger partial charge on any atom is 0.143 e. The van der Waals surface area contributed by atoms with E-state index in [2.05, 4.69) is 209 Å². The summed E-state index contributed by atoms with van der Waals surface area (Å²) in [6, 6.07) is 57.9. The standard InChI is InChI=1S/C55H45NO/c1-53(2)46-17-8-6-13-42(46)43-30-25-37(33-49(43)53)35-21-26-38(27-22-35)56(40-31-32-55(5)48-19-10-9-18-47(48)54(3,4)51(55)34-40)39-28-23-36(24-29-39)41-15-12-16-45-44-14-7-11-20-50(44)57-52(41)45/h6-34,51H,1-5H3. The highest BCUT2D eigenvalue weighted by Crippen LogP contribution is 2.57. The van der Waals surface area contributed by atoms with Gasteiger partial charge in [0, 0.05) is 50.2 Å². The minimum atomic E-state index is -0.0742. The summed E-state index contributed by atoms with van der Waals surface area (Å²) in [6.07, 6.45) is 7.35. The quantitative estimate of drug-likeness (QED) is 0.175. The fourth-order valence-corrected chi connectivity index (χ4v) is 10.7. The van der Waals surface area contributed by atoms with E-state index in [1.165, 1.54) is 50.2 Å². The summed E-state index contributed by atoms with van der Waals surface area (Å²) in [4.78, 5) is 2.44. The Balaban J connectivity index is 1.00. The van der Waals surface area contributed by atoms with Crippen molar-refractivity contribution in [1.82, 2.24) is 0 Å². The molecule has 0 saturated heterocycles. The van der Waals surface area contributed by atoms with Crippen molar-refractivity contribution >= 4 is 33.3 Å². The Kier molecular flexibility index (Phi) is 7.18. The Morgan fingerprint density at radius 2 is 1.09 bits per heavy atom. The maximum absolute atomic E-state index is 6.45. The Bertz CT molecular complexity index is 2970. The van der Waals surface area contributed by atoms with Gasteiger partial charge in [0.1, 0.15) is 11.2 Å². The van der Waals surface area contributed by atoms with Gasteiger partial charge in [-0.2, -0.15) is 0 Å². The van der Waals surface area contributed by atoms with Crippen LogP contribution in [0.3, 0.4) is 0 Å². The zero-order valence-electron chi connectivity index (χ0n) is 33.2. The fourth-order valence-electron chi connectivity index (χ4n) is 10.7. The number of anilines is 2. The molecule has 8 aromatic rings. The van der Waals surface area contributed by atoms with Gasteiger partial charge in [0.2, 0.25) is 0 Å². The van der Waals surface area contributed by atoms with Gasteiger partial charge in [-0.25, -0.2) is 0 Å². The average molecular weight is 736 g/mol. The van der Waals surface area contributed by atoms with Crippen LogP contribution in [0.4, 0.5) is 11.4 Å². The molecule has 3 aliphatic rings. The second-order valence-electron chi connectivity index (χ2n) is 17.6. The van der Waals surface area contributed by atoms with E-state index >= 15 is 0 Å². The van der Waals surface area contributed by atoms with Gasteiger partial charge in [-0.3, -0.25) is 0 Å². The molecule has 0 spiro atoms. The summed E-state index contributed by atoms with van der Waals surface area (Å²) in [5.74, 6) is 0.299. The van der Waals surface area contributed by atoms with E-state index in [1.54, 1.807) is 0 Å². The monoisotopic (exact) mass is 735 g/mol. The molecule has 276 valence electrons. The molecule has 1 heterocycles. The van der Waals surface area contributed by atoms with Crippen molar-refractivity contribution in [3.8, 4) is 33.4 Å². The lowest BCUT2D eigenvalue weighted by Crippen LogP contribution is -2.36. The SMILES string of the molecule is CC1(C)c2ccccc2-c2ccc(-c3ccc(N(C4=CC5C(C)(C)c6ccccc6C5(C)C=C4)c4ccc(-c5cccc6c5oc5ccccc56)cc4)cc3)cc21. The third-order valence-corrected chi connectivity index (χ3v) is 13.7. The molecule has 57 heavy (non-hydrogen) atoms. The van der Waals surface area contributed by atoms with Crippen LogP contribution in [-0.4, -0.2) is 0 Å². The molecule has 7 aromatic carbocycles. The van der Waals surface area contributed by atoms with E-state index in [1.807, 2.05) is 6.07 Å². The summed E-state index contributed by atoms with van der Waals surface area (Å²) in [5.41, 5.74) is 18.2. The second kappa shape index (κ2) is 12.1. The van der Waals surface area contributed by atoms with Gasteiger partial charge in [0.15, 0.2) is 0 Å². The van der Waals surface area contributed by atoms with E-state index in [9.17, 15) is 0 Å². The van der Waals surface area contributed by atoms with Gasteiger partial charge in [-0.1, -0.05) is 168 Å². The molecule has 2 atom stereocenters. The molecule has 1 aromatic heterocycles. The van der Waals surface area contributed by atoms with Crippen LogP contribution in [0.5, 0.6) is 0 Å². The van der Waals surface area contributed by atoms with Gasteiger partial charge in [0.05, 0.1) is 0 Å². The smallest absolute Gasteiger partial charge is 0.143 e. The molecule has 0 N–H and O–H groups in total. The Morgan fingerprint density at radius 1 is 0.491 bits per heavy atom. The number of hydrogen-bond acceptors (Lipinski definition) is 2. The summed E-state index contributed by atoms with van der Waals surface area (Å²) in [6.45, 7) is 11.9. The summed E-state index contributed by atoms with van der Waals surface area (Å²) < 4.78 is 6.45. The number of nitrogens with zero attached hydrogens (tertiary/aromatic N) is 1. The zero-order valence-corrected chi connectivity index (χ0v) is 33.2.